The molecule has 0 aliphatic carbocycles. The van der Waals surface area contributed by atoms with Gasteiger partial charge in [0.25, 0.3) is 0 Å². The lowest BCUT2D eigenvalue weighted by Crippen LogP contribution is -2.44. The van der Waals surface area contributed by atoms with E-state index in [1.54, 1.807) is 20.8 Å². The summed E-state index contributed by atoms with van der Waals surface area (Å²) in [7, 11) is 1.59. The molecule has 0 radical (unpaired) electrons. The predicted octanol–water partition coefficient (Wildman–Crippen LogP) is 3.25. The fourth-order valence-electron chi connectivity index (χ4n) is 1.97. The number of halogens is 1. The van der Waals surface area contributed by atoms with Gasteiger partial charge in [0.2, 0.25) is 9.05 Å². The quantitative estimate of drug-likeness (QED) is 0.830. The highest BCUT2D eigenvalue weighted by molar-refractivity contribution is 8.13. The van der Waals surface area contributed by atoms with E-state index in [-0.39, 0.29) is 11.7 Å². The standard InChI is InChI=1S/C15H22ClNO4S/c1-11(12-8-6-5-7-9-12)13(10-22(16,19)20)17-14(18)21-15(2,3)4/h5-9,11,13H,10H2,1-4H3,(H,17,18). The lowest BCUT2D eigenvalue weighted by Gasteiger charge is -2.27. The second-order valence-corrected chi connectivity index (χ2v) is 8.98. The Morgan fingerprint density at radius 2 is 1.82 bits per heavy atom. The van der Waals surface area contributed by atoms with Crippen LogP contribution in [0.5, 0.6) is 0 Å². The first-order valence-electron chi connectivity index (χ1n) is 6.95. The Hall–Kier alpha value is -1.27. The molecule has 2 atom stereocenters. The number of hydrogen-bond donors (Lipinski definition) is 1. The maximum absolute atomic E-state index is 11.9. The van der Waals surface area contributed by atoms with Crippen LogP contribution in [0.3, 0.4) is 0 Å². The van der Waals surface area contributed by atoms with Crippen molar-refractivity contribution >= 4 is 25.8 Å². The van der Waals surface area contributed by atoms with Crippen molar-refractivity contribution in [2.24, 2.45) is 0 Å². The monoisotopic (exact) mass is 347 g/mol. The molecule has 7 heteroatoms. The fraction of sp³-hybridized carbons (Fsp3) is 0.533. The van der Waals surface area contributed by atoms with Gasteiger partial charge in [-0.1, -0.05) is 37.3 Å². The van der Waals surface area contributed by atoms with E-state index in [1.807, 2.05) is 37.3 Å². The van der Waals surface area contributed by atoms with E-state index >= 15 is 0 Å². The van der Waals surface area contributed by atoms with Crippen molar-refractivity contribution in [3.63, 3.8) is 0 Å². The summed E-state index contributed by atoms with van der Waals surface area (Å²) in [5.74, 6) is -0.605. The van der Waals surface area contributed by atoms with Gasteiger partial charge in [0.1, 0.15) is 5.60 Å². The first-order chi connectivity index (χ1) is 9.98. The summed E-state index contributed by atoms with van der Waals surface area (Å²) in [4.78, 5) is 11.9. The van der Waals surface area contributed by atoms with E-state index in [2.05, 4.69) is 5.32 Å². The number of ether oxygens (including phenoxy) is 1. The molecule has 0 spiro atoms. The summed E-state index contributed by atoms with van der Waals surface area (Å²) in [6, 6.07) is 8.63. The Kier molecular flexibility index (Phi) is 6.26. The van der Waals surface area contributed by atoms with Crippen LogP contribution >= 0.6 is 10.7 Å². The minimum atomic E-state index is -3.76. The number of benzene rings is 1. The van der Waals surface area contributed by atoms with Gasteiger partial charge in [-0.05, 0) is 26.3 Å². The zero-order valence-corrected chi connectivity index (χ0v) is 14.7. The normalized spacial score (nSPS) is 15.0. The Balaban J connectivity index is 2.91. The maximum Gasteiger partial charge on any atom is 0.407 e. The van der Waals surface area contributed by atoms with Crippen molar-refractivity contribution in [3.05, 3.63) is 35.9 Å². The lowest BCUT2D eigenvalue weighted by molar-refractivity contribution is 0.0503. The highest BCUT2D eigenvalue weighted by atomic mass is 35.7. The van der Waals surface area contributed by atoms with Crippen LogP contribution in [0.25, 0.3) is 0 Å². The molecular weight excluding hydrogens is 326 g/mol. The number of carbonyl (C=O) groups excluding carboxylic acids is 1. The van der Waals surface area contributed by atoms with Crippen molar-refractivity contribution in [1.29, 1.82) is 0 Å². The first kappa shape index (κ1) is 18.8. The second kappa shape index (κ2) is 7.33. The van der Waals surface area contributed by atoms with Crippen LogP contribution in [0.1, 0.15) is 39.2 Å². The zero-order valence-electron chi connectivity index (χ0n) is 13.2. The van der Waals surface area contributed by atoms with Gasteiger partial charge in [-0.3, -0.25) is 0 Å². The third-order valence-electron chi connectivity index (χ3n) is 3.01. The fourth-order valence-corrected chi connectivity index (χ4v) is 3.18. The van der Waals surface area contributed by atoms with Crippen LogP contribution in [-0.4, -0.2) is 31.9 Å². The van der Waals surface area contributed by atoms with Crippen molar-refractivity contribution < 1.29 is 17.9 Å². The highest BCUT2D eigenvalue weighted by Gasteiger charge is 2.28. The van der Waals surface area contributed by atoms with E-state index < -0.39 is 26.8 Å². The molecule has 1 aromatic carbocycles. The zero-order chi connectivity index (χ0) is 17.0. The van der Waals surface area contributed by atoms with Crippen molar-refractivity contribution in [2.75, 3.05) is 5.75 Å². The Bertz CT molecular complexity index is 596. The number of alkyl carbamates (subject to hydrolysis) is 1. The molecule has 1 amide bonds. The highest BCUT2D eigenvalue weighted by Crippen LogP contribution is 2.21. The summed E-state index contributed by atoms with van der Waals surface area (Å²) in [6.07, 6.45) is -0.666. The van der Waals surface area contributed by atoms with E-state index in [0.29, 0.717) is 0 Å². The molecule has 0 saturated carbocycles. The Morgan fingerprint density at radius 1 is 1.27 bits per heavy atom. The van der Waals surface area contributed by atoms with Crippen LogP contribution in [0.15, 0.2) is 30.3 Å². The molecule has 0 fully saturated rings. The Labute approximate surface area is 136 Å². The molecule has 22 heavy (non-hydrogen) atoms. The third kappa shape index (κ3) is 7.13. The van der Waals surface area contributed by atoms with E-state index in [1.165, 1.54) is 0 Å². The number of carbonyl (C=O) groups is 1. The average molecular weight is 348 g/mol. The first-order valence-corrected chi connectivity index (χ1v) is 9.42. The topological polar surface area (TPSA) is 72.5 Å². The number of rotatable bonds is 5. The summed E-state index contributed by atoms with van der Waals surface area (Å²) < 4.78 is 28.0. The van der Waals surface area contributed by atoms with Gasteiger partial charge < -0.3 is 10.1 Å². The SMILES string of the molecule is CC(c1ccccc1)C(CS(=O)(=O)Cl)NC(=O)OC(C)(C)C. The minimum Gasteiger partial charge on any atom is -0.444 e. The summed E-state index contributed by atoms with van der Waals surface area (Å²) in [5, 5.41) is 2.60. The van der Waals surface area contributed by atoms with Crippen LogP contribution in [0.4, 0.5) is 4.79 Å². The molecule has 0 aliphatic rings. The van der Waals surface area contributed by atoms with Gasteiger partial charge in [-0.25, -0.2) is 13.2 Å². The smallest absolute Gasteiger partial charge is 0.407 e. The molecule has 124 valence electrons. The molecule has 1 rings (SSSR count). The molecule has 0 saturated heterocycles. The van der Waals surface area contributed by atoms with Gasteiger partial charge in [0, 0.05) is 16.6 Å². The van der Waals surface area contributed by atoms with Crippen LogP contribution in [-0.2, 0) is 13.8 Å². The minimum absolute atomic E-state index is 0.234. The average Bonchev–Trinajstić information content (AvgIpc) is 2.34. The summed E-state index contributed by atoms with van der Waals surface area (Å²) in [5.41, 5.74) is 0.244. The number of amides is 1. The molecule has 5 nitrogen and oxygen atoms in total. The molecule has 1 N–H and O–H groups in total. The largest absolute Gasteiger partial charge is 0.444 e. The summed E-state index contributed by atoms with van der Waals surface area (Å²) >= 11 is 0. The van der Waals surface area contributed by atoms with Gasteiger partial charge >= 0.3 is 6.09 Å². The van der Waals surface area contributed by atoms with E-state index in [0.717, 1.165) is 5.56 Å². The number of hydrogen-bond acceptors (Lipinski definition) is 4. The molecule has 0 bridgehead atoms. The van der Waals surface area contributed by atoms with E-state index in [9.17, 15) is 13.2 Å². The van der Waals surface area contributed by atoms with Gasteiger partial charge in [-0.15, -0.1) is 0 Å². The van der Waals surface area contributed by atoms with Crippen LogP contribution < -0.4 is 5.32 Å². The second-order valence-electron chi connectivity index (χ2n) is 6.16. The number of nitrogens with one attached hydrogen (secondary N) is 1. The van der Waals surface area contributed by atoms with Gasteiger partial charge in [0.15, 0.2) is 0 Å². The molecular formula is C15H22ClNO4S. The molecule has 0 aromatic heterocycles. The lowest BCUT2D eigenvalue weighted by atomic mass is 9.94. The van der Waals surface area contributed by atoms with Crippen molar-refractivity contribution in [1.82, 2.24) is 5.32 Å². The summed E-state index contributed by atoms with van der Waals surface area (Å²) in [6.45, 7) is 7.04. The van der Waals surface area contributed by atoms with Gasteiger partial charge in [-0.2, -0.15) is 0 Å². The molecule has 1 aromatic rings. The third-order valence-corrected chi connectivity index (χ3v) is 4.14. The van der Waals surface area contributed by atoms with Crippen molar-refractivity contribution in [3.8, 4) is 0 Å². The predicted molar refractivity (Wildman–Crippen MR) is 87.7 cm³/mol. The molecule has 2 unspecified atom stereocenters. The molecule has 0 heterocycles. The van der Waals surface area contributed by atoms with Crippen LogP contribution in [0, 0.1) is 0 Å². The molecule has 0 aliphatic heterocycles. The van der Waals surface area contributed by atoms with Gasteiger partial charge in [0.05, 0.1) is 11.8 Å². The van der Waals surface area contributed by atoms with E-state index in [4.69, 9.17) is 15.4 Å². The Morgan fingerprint density at radius 3 is 2.27 bits per heavy atom. The van der Waals surface area contributed by atoms with Crippen LogP contribution in [0.2, 0.25) is 0 Å². The van der Waals surface area contributed by atoms with Crippen molar-refractivity contribution in [2.45, 2.75) is 45.3 Å². The maximum atomic E-state index is 11.9.